The maximum atomic E-state index is 13.3. The molecule has 5 rings (SSSR count). The summed E-state index contributed by atoms with van der Waals surface area (Å²) in [6.07, 6.45) is 8.23. The molecule has 0 heterocycles. The highest BCUT2D eigenvalue weighted by Gasteiger charge is 2.60. The van der Waals surface area contributed by atoms with Gasteiger partial charge in [0, 0.05) is 20.6 Å². The van der Waals surface area contributed by atoms with Gasteiger partial charge in [0.15, 0.2) is 0 Å². The van der Waals surface area contributed by atoms with Gasteiger partial charge in [-0.05, 0) is 49.9 Å². The fourth-order valence-corrected chi connectivity index (χ4v) is 8.92. The molecule has 3 aliphatic rings. The number of hydrogen-bond acceptors (Lipinski definition) is 4. The SMILES string of the molecule is O=S(=O)(C1=C[C@@]23CCCC[C@@]2(C=C(S(=O)(=O)c2ccccc2)C3)C1)c1ccccc1. The molecule has 0 spiro atoms. The van der Waals surface area contributed by atoms with Gasteiger partial charge in [0.1, 0.15) is 0 Å². The van der Waals surface area contributed by atoms with Crippen molar-refractivity contribution in [3.05, 3.63) is 82.6 Å². The Morgan fingerprint density at radius 2 is 0.933 bits per heavy atom. The second kappa shape index (κ2) is 6.66. The Kier molecular flexibility index (Phi) is 4.39. The third-order valence-electron chi connectivity index (χ3n) is 7.14. The molecule has 0 bridgehead atoms. The zero-order valence-electron chi connectivity index (χ0n) is 16.6. The Morgan fingerprint density at radius 1 is 0.567 bits per heavy atom. The van der Waals surface area contributed by atoms with E-state index < -0.39 is 30.5 Å². The Labute approximate surface area is 178 Å². The van der Waals surface area contributed by atoms with Crippen LogP contribution in [0, 0.1) is 10.8 Å². The summed E-state index contributed by atoms with van der Waals surface area (Å²) in [4.78, 5) is 1.51. The number of sulfone groups is 2. The summed E-state index contributed by atoms with van der Waals surface area (Å²) in [5.41, 5.74) is -0.834. The number of benzene rings is 2. The molecule has 4 nitrogen and oxygen atoms in total. The zero-order valence-corrected chi connectivity index (χ0v) is 18.3. The van der Waals surface area contributed by atoms with Crippen molar-refractivity contribution < 1.29 is 16.8 Å². The summed E-state index contributed by atoms with van der Waals surface area (Å²) in [5.74, 6) is 0. The average molecular weight is 441 g/mol. The first-order valence-electron chi connectivity index (χ1n) is 10.3. The molecule has 0 radical (unpaired) electrons. The average Bonchev–Trinajstić information content (AvgIpc) is 3.27. The molecular weight excluding hydrogens is 416 g/mol. The highest BCUT2D eigenvalue weighted by atomic mass is 32.2. The van der Waals surface area contributed by atoms with E-state index >= 15 is 0 Å². The molecule has 2 atom stereocenters. The maximum absolute atomic E-state index is 13.3. The van der Waals surface area contributed by atoms with E-state index in [-0.39, 0.29) is 0 Å². The normalized spacial score (nSPS) is 28.4. The van der Waals surface area contributed by atoms with Gasteiger partial charge in [-0.25, -0.2) is 16.8 Å². The van der Waals surface area contributed by atoms with Crippen LogP contribution in [0.5, 0.6) is 0 Å². The van der Waals surface area contributed by atoms with Crippen LogP contribution in [0.2, 0.25) is 0 Å². The van der Waals surface area contributed by atoms with Gasteiger partial charge in [0.25, 0.3) is 0 Å². The van der Waals surface area contributed by atoms with Crippen LogP contribution in [0.15, 0.2) is 92.4 Å². The summed E-state index contributed by atoms with van der Waals surface area (Å²) in [6, 6.07) is 17.1. The second-order valence-electron chi connectivity index (χ2n) is 8.73. The molecule has 1 saturated carbocycles. The Morgan fingerprint density at radius 3 is 1.30 bits per heavy atom. The number of hydrogen-bond donors (Lipinski definition) is 0. The monoisotopic (exact) mass is 440 g/mol. The van der Waals surface area contributed by atoms with Crippen LogP contribution >= 0.6 is 0 Å². The lowest BCUT2D eigenvalue weighted by Crippen LogP contribution is -2.35. The molecule has 3 aliphatic carbocycles. The van der Waals surface area contributed by atoms with Gasteiger partial charge in [0.2, 0.25) is 19.7 Å². The van der Waals surface area contributed by atoms with Gasteiger partial charge in [-0.1, -0.05) is 61.4 Å². The summed E-state index contributed by atoms with van der Waals surface area (Å²) in [5, 5.41) is 0. The van der Waals surface area contributed by atoms with E-state index in [1.54, 1.807) is 60.7 Å². The highest BCUT2D eigenvalue weighted by Crippen LogP contribution is 2.68. The predicted molar refractivity (Wildman–Crippen MR) is 116 cm³/mol. The summed E-state index contributed by atoms with van der Waals surface area (Å²) in [7, 11) is -7.14. The molecule has 6 heteroatoms. The van der Waals surface area contributed by atoms with Crippen LogP contribution in [0.25, 0.3) is 0 Å². The van der Waals surface area contributed by atoms with Crippen molar-refractivity contribution in [2.75, 3.05) is 0 Å². The van der Waals surface area contributed by atoms with Crippen molar-refractivity contribution in [3.8, 4) is 0 Å². The minimum atomic E-state index is -3.57. The summed E-state index contributed by atoms with van der Waals surface area (Å²) in [6.45, 7) is 0. The molecule has 2 aromatic carbocycles. The van der Waals surface area contributed by atoms with E-state index in [1.165, 1.54) is 0 Å². The first-order valence-corrected chi connectivity index (χ1v) is 13.3. The van der Waals surface area contributed by atoms with Crippen molar-refractivity contribution >= 4 is 19.7 Å². The molecule has 0 aromatic heterocycles. The first-order chi connectivity index (χ1) is 14.3. The molecule has 0 unspecified atom stereocenters. The van der Waals surface area contributed by atoms with Crippen LogP contribution < -0.4 is 0 Å². The molecule has 156 valence electrons. The van der Waals surface area contributed by atoms with Crippen molar-refractivity contribution in [2.24, 2.45) is 10.8 Å². The van der Waals surface area contributed by atoms with Gasteiger partial charge >= 0.3 is 0 Å². The quantitative estimate of drug-likeness (QED) is 0.667. The second-order valence-corrected chi connectivity index (χ2v) is 12.7. The van der Waals surface area contributed by atoms with Crippen LogP contribution in [0.4, 0.5) is 0 Å². The Hall–Kier alpha value is -2.18. The van der Waals surface area contributed by atoms with Gasteiger partial charge in [-0.15, -0.1) is 0 Å². The lowest BCUT2D eigenvalue weighted by Gasteiger charge is -2.44. The molecule has 1 fully saturated rings. The summed E-state index contributed by atoms with van der Waals surface area (Å²) < 4.78 is 53.2. The van der Waals surface area contributed by atoms with Crippen molar-refractivity contribution in [1.82, 2.24) is 0 Å². The Balaban J connectivity index is 1.57. The predicted octanol–water partition coefficient (Wildman–Crippen LogP) is 5.06. The largest absolute Gasteiger partial charge is 0.219 e. The molecule has 0 saturated heterocycles. The first kappa shape index (κ1) is 19.8. The lowest BCUT2D eigenvalue weighted by atomic mass is 9.59. The zero-order chi connectivity index (χ0) is 21.0. The van der Waals surface area contributed by atoms with Gasteiger partial charge in [0.05, 0.1) is 9.79 Å². The van der Waals surface area contributed by atoms with E-state index in [1.807, 2.05) is 12.2 Å². The topological polar surface area (TPSA) is 68.3 Å². The van der Waals surface area contributed by atoms with E-state index in [2.05, 4.69) is 0 Å². The van der Waals surface area contributed by atoms with Crippen molar-refractivity contribution in [1.29, 1.82) is 0 Å². The number of allylic oxidation sites excluding steroid dienone is 4. The van der Waals surface area contributed by atoms with Crippen LogP contribution in [0.3, 0.4) is 0 Å². The summed E-state index contributed by atoms with van der Waals surface area (Å²) >= 11 is 0. The van der Waals surface area contributed by atoms with Crippen LogP contribution in [-0.4, -0.2) is 16.8 Å². The minimum Gasteiger partial charge on any atom is -0.219 e. The molecule has 30 heavy (non-hydrogen) atoms. The van der Waals surface area contributed by atoms with E-state index in [4.69, 9.17) is 0 Å². The standard InChI is InChI=1S/C24H24O4S2/c25-29(26,19-9-3-1-4-10-19)21-15-23-13-7-8-14-24(23,16-21)18-22(17-23)30(27,28)20-11-5-2-6-12-20/h1-6,9-12,15,18H,7-8,13-14,16-17H2/t23-,24+/m1/s1. The van der Waals surface area contributed by atoms with E-state index in [0.29, 0.717) is 32.4 Å². The molecule has 2 aromatic rings. The van der Waals surface area contributed by atoms with Crippen molar-refractivity contribution in [3.63, 3.8) is 0 Å². The third-order valence-corrected chi connectivity index (χ3v) is 10.8. The molecule has 0 amide bonds. The minimum absolute atomic E-state index is 0.307. The van der Waals surface area contributed by atoms with Gasteiger partial charge in [-0.3, -0.25) is 0 Å². The molecular formula is C24H24O4S2. The van der Waals surface area contributed by atoms with Crippen LogP contribution in [-0.2, 0) is 19.7 Å². The highest BCUT2D eigenvalue weighted by molar-refractivity contribution is 7.95. The fraction of sp³-hybridized carbons (Fsp3) is 0.333. The van der Waals surface area contributed by atoms with Crippen molar-refractivity contribution in [2.45, 2.75) is 48.3 Å². The third kappa shape index (κ3) is 2.77. The molecule has 0 N–H and O–H groups in total. The smallest absolute Gasteiger partial charge is 0.202 e. The molecule has 0 aliphatic heterocycles. The van der Waals surface area contributed by atoms with Gasteiger partial charge < -0.3 is 0 Å². The lowest BCUT2D eigenvalue weighted by molar-refractivity contribution is 0.110. The maximum Gasteiger partial charge on any atom is 0.202 e. The van der Waals surface area contributed by atoms with Gasteiger partial charge in [-0.2, -0.15) is 0 Å². The van der Waals surface area contributed by atoms with E-state index in [0.717, 1.165) is 25.7 Å². The van der Waals surface area contributed by atoms with E-state index in [9.17, 15) is 16.8 Å². The van der Waals surface area contributed by atoms with Crippen LogP contribution in [0.1, 0.15) is 38.5 Å². The fourth-order valence-electron chi connectivity index (χ4n) is 5.63. The number of rotatable bonds is 4. The Bertz CT molecular complexity index is 1160.